The first-order chi connectivity index (χ1) is 7.72. The summed E-state index contributed by atoms with van der Waals surface area (Å²) in [4.78, 5) is 4.03. The molecule has 1 atom stereocenters. The smallest absolute Gasteiger partial charge is 0.212 e. The minimum atomic E-state index is -0.779. The lowest BCUT2D eigenvalue weighted by atomic mass is 10.1. The molecule has 6 heteroatoms. The standard InChI is InChI=1S/C10H12N4O2/c1-14-8(6-12-13-14)10(15)7-3-4-9(16-2)11-5-7/h3-6,10,15H,1-2H3. The Hall–Kier alpha value is -1.95. The van der Waals surface area contributed by atoms with E-state index in [1.807, 2.05) is 0 Å². The molecule has 0 aliphatic heterocycles. The predicted octanol–water partition coefficient (Wildman–Crippen LogP) is 0.300. The minimum absolute atomic E-state index is 0.513. The molecule has 84 valence electrons. The highest BCUT2D eigenvalue weighted by atomic mass is 16.5. The Morgan fingerprint density at radius 2 is 2.19 bits per heavy atom. The highest BCUT2D eigenvalue weighted by molar-refractivity contribution is 5.24. The SMILES string of the molecule is COc1ccc(C(O)c2cnnn2C)cn1. The van der Waals surface area contributed by atoms with Gasteiger partial charge in [-0.05, 0) is 6.07 Å². The summed E-state index contributed by atoms with van der Waals surface area (Å²) < 4.78 is 6.46. The van der Waals surface area contributed by atoms with Gasteiger partial charge in [0, 0.05) is 24.9 Å². The van der Waals surface area contributed by atoms with Gasteiger partial charge in [-0.25, -0.2) is 9.67 Å². The van der Waals surface area contributed by atoms with Gasteiger partial charge >= 0.3 is 0 Å². The molecule has 0 bridgehead atoms. The lowest BCUT2D eigenvalue weighted by molar-refractivity contribution is 0.209. The van der Waals surface area contributed by atoms with Crippen molar-refractivity contribution in [1.29, 1.82) is 0 Å². The van der Waals surface area contributed by atoms with E-state index in [0.717, 1.165) is 0 Å². The van der Waals surface area contributed by atoms with Crippen LogP contribution in [0.5, 0.6) is 5.88 Å². The number of rotatable bonds is 3. The number of ether oxygens (including phenoxy) is 1. The van der Waals surface area contributed by atoms with E-state index in [4.69, 9.17) is 4.74 Å². The Kier molecular flexibility index (Phi) is 2.82. The van der Waals surface area contributed by atoms with Crippen LogP contribution in [0.25, 0.3) is 0 Å². The largest absolute Gasteiger partial charge is 0.481 e. The second-order valence-corrected chi connectivity index (χ2v) is 3.32. The van der Waals surface area contributed by atoms with Gasteiger partial charge in [-0.15, -0.1) is 5.10 Å². The van der Waals surface area contributed by atoms with Crippen molar-refractivity contribution in [3.8, 4) is 5.88 Å². The van der Waals surface area contributed by atoms with E-state index in [0.29, 0.717) is 17.1 Å². The van der Waals surface area contributed by atoms with Gasteiger partial charge < -0.3 is 9.84 Å². The molecule has 6 nitrogen and oxygen atoms in total. The maximum absolute atomic E-state index is 10.0. The Morgan fingerprint density at radius 3 is 2.69 bits per heavy atom. The van der Waals surface area contributed by atoms with Gasteiger partial charge in [-0.3, -0.25) is 0 Å². The molecular weight excluding hydrogens is 208 g/mol. The number of aromatic nitrogens is 4. The van der Waals surface area contributed by atoms with Crippen molar-refractivity contribution in [2.24, 2.45) is 7.05 Å². The van der Waals surface area contributed by atoms with Gasteiger partial charge in [0.2, 0.25) is 5.88 Å². The fourth-order valence-corrected chi connectivity index (χ4v) is 1.39. The zero-order valence-corrected chi connectivity index (χ0v) is 9.03. The van der Waals surface area contributed by atoms with E-state index >= 15 is 0 Å². The number of pyridine rings is 1. The van der Waals surface area contributed by atoms with Crippen LogP contribution in [0.3, 0.4) is 0 Å². The molecule has 1 N–H and O–H groups in total. The Bertz CT molecular complexity index is 466. The molecule has 0 fully saturated rings. The van der Waals surface area contributed by atoms with Crippen LogP contribution in [0.2, 0.25) is 0 Å². The summed E-state index contributed by atoms with van der Waals surface area (Å²) in [5.41, 5.74) is 1.29. The molecule has 0 saturated heterocycles. The number of hydrogen-bond donors (Lipinski definition) is 1. The number of aliphatic hydroxyl groups excluding tert-OH is 1. The van der Waals surface area contributed by atoms with Gasteiger partial charge in [-0.1, -0.05) is 5.21 Å². The number of aryl methyl sites for hydroxylation is 1. The Labute approximate surface area is 92.5 Å². The van der Waals surface area contributed by atoms with Crippen LogP contribution in [0, 0.1) is 0 Å². The third-order valence-electron chi connectivity index (χ3n) is 2.31. The first-order valence-corrected chi connectivity index (χ1v) is 4.75. The van der Waals surface area contributed by atoms with Crippen molar-refractivity contribution in [2.45, 2.75) is 6.10 Å². The fraction of sp³-hybridized carbons (Fsp3) is 0.300. The topological polar surface area (TPSA) is 73.1 Å². The lowest BCUT2D eigenvalue weighted by Gasteiger charge is -2.10. The average Bonchev–Trinajstić information content (AvgIpc) is 2.75. The molecule has 0 aliphatic carbocycles. The summed E-state index contributed by atoms with van der Waals surface area (Å²) in [5, 5.41) is 17.5. The molecule has 2 heterocycles. The van der Waals surface area contributed by atoms with Crippen LogP contribution in [-0.4, -0.2) is 32.2 Å². The fourth-order valence-electron chi connectivity index (χ4n) is 1.39. The summed E-state index contributed by atoms with van der Waals surface area (Å²) >= 11 is 0. The van der Waals surface area contributed by atoms with E-state index in [1.165, 1.54) is 10.9 Å². The van der Waals surface area contributed by atoms with Gasteiger partial charge in [-0.2, -0.15) is 0 Å². The van der Waals surface area contributed by atoms with Crippen LogP contribution in [-0.2, 0) is 7.05 Å². The molecular formula is C10H12N4O2. The highest BCUT2D eigenvalue weighted by Gasteiger charge is 2.15. The summed E-state index contributed by atoms with van der Waals surface area (Å²) in [6.07, 6.45) is 2.31. The van der Waals surface area contributed by atoms with Crippen LogP contribution >= 0.6 is 0 Å². The quantitative estimate of drug-likeness (QED) is 0.805. The molecule has 0 aromatic carbocycles. The molecule has 0 amide bonds. The molecule has 0 spiro atoms. The second-order valence-electron chi connectivity index (χ2n) is 3.32. The minimum Gasteiger partial charge on any atom is -0.481 e. The third kappa shape index (κ3) is 1.87. The van der Waals surface area contributed by atoms with E-state index < -0.39 is 6.10 Å². The summed E-state index contributed by atoms with van der Waals surface area (Å²) in [6, 6.07) is 3.45. The van der Waals surface area contributed by atoms with Gasteiger partial charge in [0.15, 0.2) is 0 Å². The van der Waals surface area contributed by atoms with E-state index in [2.05, 4.69) is 15.3 Å². The first kappa shape index (κ1) is 10.6. The highest BCUT2D eigenvalue weighted by Crippen LogP contribution is 2.20. The zero-order valence-electron chi connectivity index (χ0n) is 9.03. The molecule has 0 aliphatic rings. The van der Waals surface area contributed by atoms with Gasteiger partial charge in [0.25, 0.3) is 0 Å². The lowest BCUT2D eigenvalue weighted by Crippen LogP contribution is -2.07. The maximum atomic E-state index is 10.0. The Morgan fingerprint density at radius 1 is 1.38 bits per heavy atom. The van der Waals surface area contributed by atoms with Crippen molar-refractivity contribution in [2.75, 3.05) is 7.11 Å². The van der Waals surface area contributed by atoms with Gasteiger partial charge in [0.1, 0.15) is 6.10 Å². The van der Waals surface area contributed by atoms with Crippen molar-refractivity contribution >= 4 is 0 Å². The average molecular weight is 220 g/mol. The zero-order chi connectivity index (χ0) is 11.5. The second kappa shape index (κ2) is 4.28. The Balaban J connectivity index is 2.27. The number of hydrogen-bond acceptors (Lipinski definition) is 5. The van der Waals surface area contributed by atoms with Crippen LogP contribution in [0.1, 0.15) is 17.4 Å². The molecule has 0 radical (unpaired) electrons. The van der Waals surface area contributed by atoms with Crippen molar-refractivity contribution in [3.05, 3.63) is 35.8 Å². The van der Waals surface area contributed by atoms with E-state index in [1.54, 1.807) is 32.5 Å². The van der Waals surface area contributed by atoms with E-state index in [9.17, 15) is 5.11 Å². The summed E-state index contributed by atoms with van der Waals surface area (Å²) in [6.45, 7) is 0. The van der Waals surface area contributed by atoms with Crippen LogP contribution in [0.4, 0.5) is 0 Å². The van der Waals surface area contributed by atoms with E-state index in [-0.39, 0.29) is 0 Å². The molecule has 1 unspecified atom stereocenters. The van der Waals surface area contributed by atoms with Crippen LogP contribution < -0.4 is 4.74 Å². The maximum Gasteiger partial charge on any atom is 0.212 e. The summed E-state index contributed by atoms with van der Waals surface area (Å²) in [7, 11) is 3.27. The predicted molar refractivity (Wildman–Crippen MR) is 55.9 cm³/mol. The van der Waals surface area contributed by atoms with Gasteiger partial charge in [0.05, 0.1) is 19.0 Å². The van der Waals surface area contributed by atoms with Crippen molar-refractivity contribution in [1.82, 2.24) is 20.0 Å². The first-order valence-electron chi connectivity index (χ1n) is 4.75. The monoisotopic (exact) mass is 220 g/mol. The van der Waals surface area contributed by atoms with Crippen molar-refractivity contribution in [3.63, 3.8) is 0 Å². The summed E-state index contributed by atoms with van der Waals surface area (Å²) in [5.74, 6) is 0.513. The number of nitrogens with zero attached hydrogens (tertiary/aromatic N) is 4. The third-order valence-corrected chi connectivity index (χ3v) is 2.31. The molecule has 2 aromatic heterocycles. The van der Waals surface area contributed by atoms with Crippen molar-refractivity contribution < 1.29 is 9.84 Å². The normalized spacial score (nSPS) is 12.4. The molecule has 2 aromatic rings. The molecule has 2 rings (SSSR count). The van der Waals surface area contributed by atoms with Crippen LogP contribution in [0.15, 0.2) is 24.5 Å². The molecule has 0 saturated carbocycles. The molecule has 16 heavy (non-hydrogen) atoms. The number of methoxy groups -OCH3 is 1. The number of aliphatic hydroxyl groups is 1.